The lowest BCUT2D eigenvalue weighted by atomic mass is 10.0. The normalized spacial score (nSPS) is 10.2. The summed E-state index contributed by atoms with van der Waals surface area (Å²) in [4.78, 5) is 14.9. The SMILES string of the molecule is CCN(CC)C(=S)Oc1cc(OC)c(OC)cc1C(=O)c1ccccc1. The van der Waals surface area contributed by atoms with Crippen molar-refractivity contribution in [2.24, 2.45) is 0 Å². The maximum Gasteiger partial charge on any atom is 0.264 e. The van der Waals surface area contributed by atoms with E-state index >= 15 is 0 Å². The van der Waals surface area contributed by atoms with Crippen molar-refractivity contribution in [2.75, 3.05) is 27.3 Å². The zero-order valence-corrected chi connectivity index (χ0v) is 16.3. The lowest BCUT2D eigenvalue weighted by molar-refractivity contribution is 0.103. The van der Waals surface area contributed by atoms with E-state index in [0.717, 1.165) is 0 Å². The van der Waals surface area contributed by atoms with E-state index in [4.69, 9.17) is 26.4 Å². The van der Waals surface area contributed by atoms with Gasteiger partial charge in [0.2, 0.25) is 0 Å². The summed E-state index contributed by atoms with van der Waals surface area (Å²) in [6.07, 6.45) is 0. The van der Waals surface area contributed by atoms with Crippen LogP contribution < -0.4 is 14.2 Å². The Kier molecular flexibility index (Phi) is 6.97. The van der Waals surface area contributed by atoms with Gasteiger partial charge < -0.3 is 19.1 Å². The Labute approximate surface area is 159 Å². The van der Waals surface area contributed by atoms with Crippen molar-refractivity contribution in [3.8, 4) is 17.2 Å². The first-order chi connectivity index (χ1) is 12.5. The van der Waals surface area contributed by atoms with Crippen LogP contribution in [0.15, 0.2) is 42.5 Å². The summed E-state index contributed by atoms with van der Waals surface area (Å²) >= 11 is 5.38. The molecule has 0 unspecified atom stereocenters. The van der Waals surface area contributed by atoms with Crippen LogP contribution in [0.2, 0.25) is 0 Å². The second kappa shape index (κ2) is 9.20. The molecular formula is C20H23NO4S. The molecule has 5 nitrogen and oxygen atoms in total. The highest BCUT2D eigenvalue weighted by atomic mass is 32.1. The minimum absolute atomic E-state index is 0.177. The molecule has 0 fully saturated rings. The molecule has 0 heterocycles. The van der Waals surface area contributed by atoms with Crippen LogP contribution in [0, 0.1) is 0 Å². The van der Waals surface area contributed by atoms with Gasteiger partial charge in [0, 0.05) is 24.7 Å². The smallest absolute Gasteiger partial charge is 0.264 e. The van der Waals surface area contributed by atoms with Gasteiger partial charge in [-0.05, 0) is 32.1 Å². The van der Waals surface area contributed by atoms with Crippen molar-refractivity contribution in [1.82, 2.24) is 4.90 Å². The molecule has 0 saturated heterocycles. The van der Waals surface area contributed by atoms with Crippen LogP contribution >= 0.6 is 12.2 Å². The summed E-state index contributed by atoms with van der Waals surface area (Å²) in [5.41, 5.74) is 0.918. The summed E-state index contributed by atoms with van der Waals surface area (Å²) < 4.78 is 16.6. The number of ether oxygens (including phenoxy) is 3. The molecule has 0 saturated carbocycles. The first-order valence-corrected chi connectivity index (χ1v) is 8.79. The molecule has 0 bridgehead atoms. The van der Waals surface area contributed by atoms with E-state index in [2.05, 4.69) is 0 Å². The fraction of sp³-hybridized carbons (Fsp3) is 0.300. The Bertz CT molecular complexity index is 773. The van der Waals surface area contributed by atoms with Gasteiger partial charge in [-0.3, -0.25) is 4.79 Å². The molecule has 0 aromatic heterocycles. The molecule has 0 aliphatic rings. The molecule has 26 heavy (non-hydrogen) atoms. The van der Waals surface area contributed by atoms with Gasteiger partial charge in [-0.2, -0.15) is 0 Å². The minimum atomic E-state index is -0.177. The standard InChI is InChI=1S/C20H23NO4S/c1-5-21(6-2)20(26)25-16-13-18(24-4)17(23-3)12-15(16)19(22)14-10-8-7-9-11-14/h7-13H,5-6H2,1-4H3. The average Bonchev–Trinajstić information content (AvgIpc) is 2.68. The Morgan fingerprint density at radius 3 is 2.08 bits per heavy atom. The first kappa shape index (κ1) is 19.7. The topological polar surface area (TPSA) is 48.0 Å². The highest BCUT2D eigenvalue weighted by Gasteiger charge is 2.21. The molecule has 0 N–H and O–H groups in total. The molecule has 0 amide bonds. The fourth-order valence-corrected chi connectivity index (χ4v) is 2.86. The number of thiocarbonyl (C=S) groups is 1. The largest absolute Gasteiger partial charge is 0.493 e. The zero-order valence-electron chi connectivity index (χ0n) is 15.4. The van der Waals surface area contributed by atoms with Gasteiger partial charge in [-0.25, -0.2) is 0 Å². The van der Waals surface area contributed by atoms with Crippen molar-refractivity contribution in [3.05, 3.63) is 53.6 Å². The van der Waals surface area contributed by atoms with Crippen molar-refractivity contribution < 1.29 is 19.0 Å². The Balaban J connectivity index is 2.50. The molecule has 0 spiro atoms. The van der Waals surface area contributed by atoms with Crippen molar-refractivity contribution in [2.45, 2.75) is 13.8 Å². The number of carbonyl (C=O) groups excluding carboxylic acids is 1. The molecule has 2 aromatic carbocycles. The Morgan fingerprint density at radius 2 is 1.54 bits per heavy atom. The zero-order chi connectivity index (χ0) is 19.1. The highest BCUT2D eigenvalue weighted by Crippen LogP contribution is 2.36. The van der Waals surface area contributed by atoms with Crippen molar-refractivity contribution in [1.29, 1.82) is 0 Å². The predicted molar refractivity (Wildman–Crippen MR) is 106 cm³/mol. The van der Waals surface area contributed by atoms with Crippen LogP contribution in [0.1, 0.15) is 29.8 Å². The van der Waals surface area contributed by atoms with Crippen molar-refractivity contribution in [3.63, 3.8) is 0 Å². The van der Waals surface area contributed by atoms with Crippen LogP contribution in [-0.4, -0.2) is 43.2 Å². The number of ketones is 1. The van der Waals surface area contributed by atoms with Crippen LogP contribution in [0.25, 0.3) is 0 Å². The van der Waals surface area contributed by atoms with E-state index < -0.39 is 0 Å². The van der Waals surface area contributed by atoms with E-state index in [0.29, 0.717) is 46.6 Å². The lowest BCUT2D eigenvalue weighted by Crippen LogP contribution is -2.33. The molecule has 0 radical (unpaired) electrons. The van der Waals surface area contributed by atoms with E-state index in [1.807, 2.05) is 36.9 Å². The van der Waals surface area contributed by atoms with Crippen LogP contribution in [0.4, 0.5) is 0 Å². The van der Waals surface area contributed by atoms with Crippen LogP contribution in [0.5, 0.6) is 17.2 Å². The average molecular weight is 373 g/mol. The van der Waals surface area contributed by atoms with Gasteiger partial charge in [0.15, 0.2) is 17.3 Å². The molecule has 0 atom stereocenters. The number of rotatable bonds is 7. The maximum atomic E-state index is 13.0. The summed E-state index contributed by atoms with van der Waals surface area (Å²) in [5.74, 6) is 1.08. The lowest BCUT2D eigenvalue weighted by Gasteiger charge is -2.22. The highest BCUT2D eigenvalue weighted by molar-refractivity contribution is 7.80. The number of hydrogen-bond acceptors (Lipinski definition) is 5. The van der Waals surface area contributed by atoms with Crippen molar-refractivity contribution >= 4 is 23.2 Å². The van der Waals surface area contributed by atoms with E-state index in [-0.39, 0.29) is 5.78 Å². The second-order valence-corrected chi connectivity index (χ2v) is 5.79. The summed E-state index contributed by atoms with van der Waals surface area (Å²) in [6, 6.07) is 12.2. The Morgan fingerprint density at radius 1 is 0.962 bits per heavy atom. The number of nitrogens with zero attached hydrogens (tertiary/aromatic N) is 1. The van der Waals surface area contributed by atoms with E-state index in [1.54, 1.807) is 24.3 Å². The Hall–Kier alpha value is -2.60. The van der Waals surface area contributed by atoms with Gasteiger partial charge in [0.25, 0.3) is 5.17 Å². The van der Waals surface area contributed by atoms with Crippen LogP contribution in [-0.2, 0) is 0 Å². The van der Waals surface area contributed by atoms with Crippen LogP contribution in [0.3, 0.4) is 0 Å². The number of methoxy groups -OCH3 is 2. The van der Waals surface area contributed by atoms with Gasteiger partial charge >= 0.3 is 0 Å². The number of carbonyl (C=O) groups is 1. The van der Waals surface area contributed by atoms with Gasteiger partial charge in [0.05, 0.1) is 19.8 Å². The summed E-state index contributed by atoms with van der Waals surface area (Å²) in [5, 5.41) is 0.310. The summed E-state index contributed by atoms with van der Waals surface area (Å²) in [7, 11) is 3.05. The first-order valence-electron chi connectivity index (χ1n) is 8.38. The molecule has 2 aromatic rings. The fourth-order valence-electron chi connectivity index (χ4n) is 2.51. The predicted octanol–water partition coefficient (Wildman–Crippen LogP) is 3.94. The molecule has 2 rings (SSSR count). The quantitative estimate of drug-likeness (QED) is 0.541. The molecule has 6 heteroatoms. The molecular weight excluding hydrogens is 350 g/mol. The third-order valence-electron chi connectivity index (χ3n) is 3.99. The second-order valence-electron chi connectivity index (χ2n) is 5.44. The molecule has 0 aliphatic carbocycles. The number of benzene rings is 2. The molecule has 0 aliphatic heterocycles. The van der Waals surface area contributed by atoms with Gasteiger partial charge in [0.1, 0.15) is 5.75 Å². The minimum Gasteiger partial charge on any atom is -0.493 e. The summed E-state index contributed by atoms with van der Waals surface area (Å²) in [6.45, 7) is 5.41. The maximum absolute atomic E-state index is 13.0. The molecule has 138 valence electrons. The van der Waals surface area contributed by atoms with E-state index in [1.165, 1.54) is 14.2 Å². The van der Waals surface area contributed by atoms with Gasteiger partial charge in [-0.15, -0.1) is 0 Å². The third kappa shape index (κ3) is 4.32. The van der Waals surface area contributed by atoms with E-state index in [9.17, 15) is 4.79 Å². The number of hydrogen-bond donors (Lipinski definition) is 0. The monoisotopic (exact) mass is 373 g/mol. The van der Waals surface area contributed by atoms with Gasteiger partial charge in [-0.1, -0.05) is 30.3 Å². The third-order valence-corrected chi connectivity index (χ3v) is 4.33.